The highest BCUT2D eigenvalue weighted by atomic mass is 19.4. The van der Waals surface area contributed by atoms with E-state index in [9.17, 15) is 56.7 Å². The van der Waals surface area contributed by atoms with Gasteiger partial charge in [0.05, 0.1) is 4.92 Å². The third-order valence-corrected chi connectivity index (χ3v) is 4.61. The number of rotatable bonds is 10. The monoisotopic (exact) mass is 506 g/mol. The summed E-state index contributed by atoms with van der Waals surface area (Å²) in [7, 11) is 0. The van der Waals surface area contributed by atoms with Gasteiger partial charge in [-0.2, -0.15) is 22.0 Å². The van der Waals surface area contributed by atoms with Gasteiger partial charge in [-0.05, 0) is 11.6 Å². The molecule has 0 aliphatic heterocycles. The van der Waals surface area contributed by atoms with Crippen LogP contribution in [0.2, 0.25) is 0 Å². The van der Waals surface area contributed by atoms with Gasteiger partial charge in [0, 0.05) is 24.1 Å². The third-order valence-electron chi connectivity index (χ3n) is 4.61. The van der Waals surface area contributed by atoms with Gasteiger partial charge in [-0.25, -0.2) is 9.59 Å². The zero-order chi connectivity index (χ0) is 26.6. The largest absolute Gasteiger partial charge is 0.480 e. The first-order valence-corrected chi connectivity index (χ1v) is 9.30. The fourth-order valence-electron chi connectivity index (χ4n) is 2.73. The molecule has 10 nitrogen and oxygen atoms in total. The lowest BCUT2D eigenvalue weighted by atomic mass is 9.90. The Balaban J connectivity index is 2.42. The van der Waals surface area contributed by atoms with Gasteiger partial charge in [0.2, 0.25) is 5.54 Å². The van der Waals surface area contributed by atoms with E-state index in [0.29, 0.717) is 18.2 Å². The molecule has 0 heterocycles. The lowest BCUT2D eigenvalue weighted by Gasteiger charge is -2.26. The standard InChI is InChI=1S/C20H15F5N2O8/c21-19(22,20(23,24)25)10-35-14-8-12(6-7-13(14)27(33)34)15(28)26-18(16(29)30,17(31)32)9-11-4-2-1-3-5-11/h1-8H,9-10H2,(H,26,28)(H,29,30)(H,31,32). The molecule has 0 atom stereocenters. The smallest absolute Gasteiger partial charge is 0.456 e. The Morgan fingerprint density at radius 1 is 0.971 bits per heavy atom. The number of ether oxygens (including phenoxy) is 1. The van der Waals surface area contributed by atoms with Crippen LogP contribution < -0.4 is 10.1 Å². The van der Waals surface area contributed by atoms with E-state index in [0.717, 1.165) is 0 Å². The van der Waals surface area contributed by atoms with Gasteiger partial charge in [-0.15, -0.1) is 0 Å². The Labute approximate surface area is 192 Å². The quantitative estimate of drug-likeness (QED) is 0.192. The summed E-state index contributed by atoms with van der Waals surface area (Å²) in [6.07, 6.45) is -6.77. The molecule has 15 heteroatoms. The number of halogens is 5. The molecule has 0 aliphatic rings. The topological polar surface area (TPSA) is 156 Å². The van der Waals surface area contributed by atoms with Crippen molar-refractivity contribution < 1.29 is 56.2 Å². The van der Waals surface area contributed by atoms with Crippen molar-refractivity contribution in [2.24, 2.45) is 0 Å². The Hall–Kier alpha value is -4.30. The highest BCUT2D eigenvalue weighted by Gasteiger charge is 2.58. The van der Waals surface area contributed by atoms with Crippen molar-refractivity contribution in [1.29, 1.82) is 0 Å². The molecule has 0 unspecified atom stereocenters. The molecule has 0 aromatic heterocycles. The molecule has 0 radical (unpaired) electrons. The second kappa shape index (κ2) is 9.90. The molecule has 0 aliphatic carbocycles. The lowest BCUT2D eigenvalue weighted by molar-refractivity contribution is -0.386. The maximum absolute atomic E-state index is 13.2. The molecular formula is C20H15F5N2O8. The number of carboxylic acids is 2. The molecule has 1 amide bonds. The van der Waals surface area contributed by atoms with Crippen LogP contribution in [-0.2, 0) is 16.0 Å². The zero-order valence-corrected chi connectivity index (χ0v) is 17.2. The fourth-order valence-corrected chi connectivity index (χ4v) is 2.73. The molecule has 3 N–H and O–H groups in total. The molecule has 35 heavy (non-hydrogen) atoms. The molecule has 188 valence electrons. The van der Waals surface area contributed by atoms with Crippen molar-refractivity contribution in [2.45, 2.75) is 24.1 Å². The van der Waals surface area contributed by atoms with Crippen LogP contribution in [0.5, 0.6) is 5.75 Å². The van der Waals surface area contributed by atoms with Crippen LogP contribution in [0.1, 0.15) is 15.9 Å². The van der Waals surface area contributed by atoms with Crippen molar-refractivity contribution in [3.8, 4) is 5.75 Å². The summed E-state index contributed by atoms with van der Waals surface area (Å²) in [5, 5.41) is 32.0. The number of hydrogen-bond donors (Lipinski definition) is 3. The third kappa shape index (κ3) is 5.99. The molecule has 0 saturated heterocycles. The van der Waals surface area contributed by atoms with Crippen LogP contribution in [0.3, 0.4) is 0 Å². The van der Waals surface area contributed by atoms with E-state index in [1.54, 1.807) is 11.4 Å². The number of aliphatic carboxylic acids is 2. The van der Waals surface area contributed by atoms with E-state index in [1.807, 2.05) is 0 Å². The molecule has 0 saturated carbocycles. The van der Waals surface area contributed by atoms with E-state index < -0.39 is 70.4 Å². The summed E-state index contributed by atoms with van der Waals surface area (Å²) in [6, 6.07) is 8.93. The average Bonchev–Trinajstić information content (AvgIpc) is 2.76. The van der Waals surface area contributed by atoms with Crippen LogP contribution in [0.4, 0.5) is 27.6 Å². The molecule has 0 fully saturated rings. The van der Waals surface area contributed by atoms with E-state index in [4.69, 9.17) is 0 Å². The first-order chi connectivity index (χ1) is 16.1. The zero-order valence-electron chi connectivity index (χ0n) is 17.2. The number of benzene rings is 2. The highest BCUT2D eigenvalue weighted by Crippen LogP contribution is 2.37. The van der Waals surface area contributed by atoms with Crippen LogP contribution >= 0.6 is 0 Å². The van der Waals surface area contributed by atoms with Crippen molar-refractivity contribution >= 4 is 23.5 Å². The summed E-state index contributed by atoms with van der Waals surface area (Å²) in [4.78, 5) is 46.3. The summed E-state index contributed by atoms with van der Waals surface area (Å²) >= 11 is 0. The SMILES string of the molecule is O=C(NC(Cc1ccccc1)(C(=O)O)C(=O)O)c1ccc([N+](=O)[O-])c(OCC(F)(F)C(F)(F)F)c1. The summed E-state index contributed by atoms with van der Waals surface area (Å²) in [5.41, 5.74) is -4.52. The number of amides is 1. The average molecular weight is 506 g/mol. The molecular weight excluding hydrogens is 491 g/mol. The van der Waals surface area contributed by atoms with Gasteiger partial charge in [-0.3, -0.25) is 14.9 Å². The molecule has 2 aromatic carbocycles. The van der Waals surface area contributed by atoms with E-state index in [2.05, 4.69) is 4.74 Å². The number of nitro groups is 1. The van der Waals surface area contributed by atoms with Gasteiger partial charge in [0.1, 0.15) is 0 Å². The number of nitro benzene ring substituents is 1. The summed E-state index contributed by atoms with van der Waals surface area (Å²) in [5.74, 6) is -12.0. The van der Waals surface area contributed by atoms with E-state index in [1.165, 1.54) is 24.3 Å². The first kappa shape index (κ1) is 26.9. The molecule has 2 aromatic rings. The number of carboxylic acid groups (broad SMARTS) is 2. The van der Waals surface area contributed by atoms with Crippen molar-refractivity contribution in [3.63, 3.8) is 0 Å². The fraction of sp³-hybridized carbons (Fsp3) is 0.250. The Kier molecular flexibility index (Phi) is 7.63. The van der Waals surface area contributed by atoms with Crippen LogP contribution in [-0.4, -0.2) is 57.2 Å². The number of hydrogen-bond acceptors (Lipinski definition) is 6. The number of carbonyl (C=O) groups is 3. The van der Waals surface area contributed by atoms with E-state index in [-0.39, 0.29) is 5.56 Å². The number of nitrogens with zero attached hydrogens (tertiary/aromatic N) is 1. The minimum atomic E-state index is -6.03. The maximum atomic E-state index is 13.2. The van der Waals surface area contributed by atoms with Gasteiger partial charge in [0.25, 0.3) is 5.91 Å². The maximum Gasteiger partial charge on any atom is 0.456 e. The molecule has 2 rings (SSSR count). The van der Waals surface area contributed by atoms with Gasteiger partial charge in [0.15, 0.2) is 12.4 Å². The Morgan fingerprint density at radius 3 is 2.03 bits per heavy atom. The predicted octanol–water partition coefficient (Wildman–Crippen LogP) is 3.05. The van der Waals surface area contributed by atoms with Crippen molar-refractivity contribution in [1.82, 2.24) is 5.32 Å². The van der Waals surface area contributed by atoms with Gasteiger partial charge < -0.3 is 20.3 Å². The van der Waals surface area contributed by atoms with Gasteiger partial charge >= 0.3 is 29.7 Å². The number of nitrogens with one attached hydrogen (secondary N) is 1. The number of carbonyl (C=O) groups excluding carboxylic acids is 1. The van der Waals surface area contributed by atoms with Crippen LogP contribution in [0.25, 0.3) is 0 Å². The van der Waals surface area contributed by atoms with Gasteiger partial charge in [-0.1, -0.05) is 30.3 Å². The summed E-state index contributed by atoms with van der Waals surface area (Å²) in [6.45, 7) is -2.36. The Bertz CT molecular complexity index is 1120. The van der Waals surface area contributed by atoms with E-state index >= 15 is 0 Å². The van der Waals surface area contributed by atoms with Crippen molar-refractivity contribution in [2.75, 3.05) is 6.61 Å². The van der Waals surface area contributed by atoms with Crippen LogP contribution in [0.15, 0.2) is 48.5 Å². The number of alkyl halides is 5. The van der Waals surface area contributed by atoms with Crippen molar-refractivity contribution in [3.05, 3.63) is 69.8 Å². The minimum Gasteiger partial charge on any atom is -0.480 e. The second-order valence-electron chi connectivity index (χ2n) is 7.06. The molecule has 0 spiro atoms. The Morgan fingerprint density at radius 2 is 1.54 bits per heavy atom. The first-order valence-electron chi connectivity index (χ1n) is 9.30. The normalized spacial score (nSPS) is 12.0. The molecule has 0 bridgehead atoms. The summed E-state index contributed by atoms with van der Waals surface area (Å²) < 4.78 is 67.8. The predicted molar refractivity (Wildman–Crippen MR) is 105 cm³/mol. The second-order valence-corrected chi connectivity index (χ2v) is 7.06. The minimum absolute atomic E-state index is 0.194. The highest BCUT2D eigenvalue weighted by molar-refractivity contribution is 6.09. The van der Waals surface area contributed by atoms with Crippen LogP contribution in [0, 0.1) is 10.1 Å². The lowest BCUT2D eigenvalue weighted by Crippen LogP contribution is -2.61.